The predicted octanol–water partition coefficient (Wildman–Crippen LogP) is 1.91. The summed E-state index contributed by atoms with van der Waals surface area (Å²) in [5.74, 6) is -0.135. The Labute approximate surface area is 82.2 Å². The molecule has 0 heterocycles. The molecule has 0 N–H and O–H groups in total. The summed E-state index contributed by atoms with van der Waals surface area (Å²) in [7, 11) is 0. The van der Waals surface area contributed by atoms with Crippen LogP contribution in [-0.2, 0) is 9.45 Å². The smallest absolute Gasteiger partial charge is 0.414 e. The van der Waals surface area contributed by atoms with E-state index in [4.69, 9.17) is 4.65 Å². The molecule has 2 nitrogen and oxygen atoms in total. The van der Waals surface area contributed by atoms with Crippen molar-refractivity contribution in [3.8, 4) is 0 Å². The molecule has 0 saturated heterocycles. The fraction of sp³-hybridized carbons (Fsp3) is 0.857. The maximum Gasteiger partial charge on any atom is 0.414 e. The lowest BCUT2D eigenvalue weighted by molar-refractivity contribution is -0.141. The van der Waals surface area contributed by atoms with Crippen LogP contribution in [0.5, 0.6) is 0 Å². The summed E-state index contributed by atoms with van der Waals surface area (Å²) in [5, 5.41) is 0.441. The minimum atomic E-state index is -0.105. The maximum absolute atomic E-state index is 11.2. The van der Waals surface area contributed by atoms with Gasteiger partial charge in [0, 0.05) is 0 Å². The van der Waals surface area contributed by atoms with Crippen LogP contribution >= 0.6 is 22.4 Å². The number of carbonyl (C=O) groups is 1. The molecule has 0 aliphatic carbocycles. The van der Waals surface area contributed by atoms with Gasteiger partial charge in [-0.2, -0.15) is 0 Å². The summed E-state index contributed by atoms with van der Waals surface area (Å²) < 4.78 is 4.88. The molecule has 0 aliphatic rings. The van der Waals surface area contributed by atoms with Crippen LogP contribution in [0.15, 0.2) is 0 Å². The van der Waals surface area contributed by atoms with E-state index in [9.17, 15) is 4.79 Å². The van der Waals surface area contributed by atoms with Crippen molar-refractivity contribution >= 4 is 33.7 Å². The van der Waals surface area contributed by atoms with Crippen molar-refractivity contribution < 1.29 is 9.45 Å². The third-order valence-electron chi connectivity index (χ3n) is 1.85. The Morgan fingerprint density at radius 2 is 2.00 bits per heavy atom. The zero-order chi connectivity index (χ0) is 9.07. The van der Waals surface area contributed by atoms with Gasteiger partial charge >= 0.3 is 5.34 Å². The summed E-state index contributed by atoms with van der Waals surface area (Å²) in [5.41, 5.74) is 0.00287. The predicted molar refractivity (Wildman–Crippen MR) is 55.9 cm³/mol. The highest BCUT2D eigenvalue weighted by Gasteiger charge is 2.27. The van der Waals surface area contributed by atoms with Crippen LogP contribution in [-0.4, -0.2) is 11.3 Å². The zero-order valence-corrected chi connectivity index (χ0v) is 9.64. The Hall–Kier alpha value is 0.265. The molecule has 1 unspecified atom stereocenters. The summed E-state index contributed by atoms with van der Waals surface area (Å²) in [6.45, 7) is 8.00. The second-order valence-corrected chi connectivity index (χ2v) is 4.28. The monoisotopic (exact) mass is 268 g/mol. The van der Waals surface area contributed by atoms with Crippen molar-refractivity contribution in [3.05, 3.63) is 0 Å². The fourth-order valence-corrected chi connectivity index (χ4v) is 0.839. The average molecular weight is 268 g/mol. The number of halogens is 1. The second-order valence-electron chi connectivity index (χ2n) is 3.66. The maximum atomic E-state index is 11.2. The molecule has 0 aliphatic heterocycles. The van der Waals surface area contributed by atoms with Gasteiger partial charge < -0.3 is 4.65 Å². The van der Waals surface area contributed by atoms with Crippen molar-refractivity contribution in [2.45, 2.75) is 27.7 Å². The van der Waals surface area contributed by atoms with Gasteiger partial charge in [-0.3, -0.25) is 4.79 Å². The van der Waals surface area contributed by atoms with Crippen LogP contribution in [0.3, 0.4) is 0 Å². The van der Waals surface area contributed by atoms with Gasteiger partial charge in [0.1, 0.15) is 0 Å². The normalized spacial score (nSPS) is 13.9. The molecule has 64 valence electrons. The fourth-order valence-electron chi connectivity index (χ4n) is 0.532. The van der Waals surface area contributed by atoms with Gasteiger partial charge in [0.15, 0.2) is 0 Å². The van der Waals surface area contributed by atoms with Crippen LogP contribution in [0.1, 0.15) is 27.7 Å². The first-order valence-electron chi connectivity index (χ1n) is 3.62. The third kappa shape index (κ3) is 3.98. The van der Waals surface area contributed by atoms with Gasteiger partial charge in [-0.15, -0.1) is 0 Å². The Bertz CT molecular complexity index is 142. The van der Waals surface area contributed by atoms with Crippen molar-refractivity contribution in [2.75, 3.05) is 0 Å². The van der Waals surface area contributed by atoms with Gasteiger partial charge in [0.05, 0.1) is 5.92 Å². The molecule has 4 heteroatoms. The molecule has 11 heavy (non-hydrogen) atoms. The van der Waals surface area contributed by atoms with Gasteiger partial charge in [0.25, 0.3) is 5.97 Å². The standard InChI is InChI=1S/C7H14BIO2/c1-5(7(2,3)4)6(10)11-8-9/h5,8H,1-4H3. The van der Waals surface area contributed by atoms with Crippen LogP contribution in [0.25, 0.3) is 0 Å². The SMILES string of the molecule is CC(C(=O)OBI)C(C)(C)C. The number of hydrogen-bond acceptors (Lipinski definition) is 2. The molecule has 0 fully saturated rings. The molecular weight excluding hydrogens is 254 g/mol. The Morgan fingerprint density at radius 1 is 1.55 bits per heavy atom. The summed E-state index contributed by atoms with van der Waals surface area (Å²) in [4.78, 5) is 11.2. The number of carbonyl (C=O) groups excluding carboxylic acids is 1. The number of hydrogen-bond donors (Lipinski definition) is 0. The van der Waals surface area contributed by atoms with Crippen molar-refractivity contribution in [1.29, 1.82) is 0 Å². The number of rotatable bonds is 2. The minimum Gasteiger partial charge on any atom is -0.528 e. The highest BCUT2D eigenvalue weighted by atomic mass is 127. The van der Waals surface area contributed by atoms with Gasteiger partial charge in [0.2, 0.25) is 0 Å². The molecule has 1 atom stereocenters. The third-order valence-corrected chi connectivity index (χ3v) is 2.16. The zero-order valence-electron chi connectivity index (χ0n) is 7.48. The molecule has 0 rings (SSSR count). The summed E-state index contributed by atoms with van der Waals surface area (Å²) >= 11 is 2.02. The van der Waals surface area contributed by atoms with Crippen LogP contribution < -0.4 is 0 Å². The highest BCUT2D eigenvalue weighted by molar-refractivity contribution is 14.1. The van der Waals surface area contributed by atoms with Crippen molar-refractivity contribution in [1.82, 2.24) is 0 Å². The lowest BCUT2D eigenvalue weighted by atomic mass is 9.82. The molecular formula is C7H14BIO2. The first kappa shape index (κ1) is 11.3. The Morgan fingerprint density at radius 3 is 2.27 bits per heavy atom. The van der Waals surface area contributed by atoms with E-state index in [0.29, 0.717) is 5.34 Å². The van der Waals surface area contributed by atoms with E-state index in [0.717, 1.165) is 0 Å². The van der Waals surface area contributed by atoms with E-state index in [1.807, 2.05) is 50.1 Å². The lowest BCUT2D eigenvalue weighted by Gasteiger charge is -2.24. The van der Waals surface area contributed by atoms with Gasteiger partial charge in [-0.1, -0.05) is 50.1 Å². The molecule has 0 radical (unpaired) electrons. The average Bonchev–Trinajstić information content (AvgIpc) is 1.85. The second kappa shape index (κ2) is 4.33. The van der Waals surface area contributed by atoms with Crippen LogP contribution in [0, 0.1) is 11.3 Å². The van der Waals surface area contributed by atoms with E-state index in [1.54, 1.807) is 0 Å². The summed E-state index contributed by atoms with van der Waals surface area (Å²) in [6, 6.07) is 0. The van der Waals surface area contributed by atoms with E-state index in [2.05, 4.69) is 0 Å². The Balaban J connectivity index is 4.03. The summed E-state index contributed by atoms with van der Waals surface area (Å²) in [6.07, 6.45) is 0. The molecule has 0 aromatic heterocycles. The first-order valence-corrected chi connectivity index (χ1v) is 5.14. The van der Waals surface area contributed by atoms with Crippen molar-refractivity contribution in [2.24, 2.45) is 11.3 Å². The van der Waals surface area contributed by atoms with E-state index >= 15 is 0 Å². The largest absolute Gasteiger partial charge is 0.528 e. The van der Waals surface area contributed by atoms with Gasteiger partial charge in [-0.25, -0.2) is 0 Å². The van der Waals surface area contributed by atoms with Gasteiger partial charge in [-0.05, 0) is 5.41 Å². The van der Waals surface area contributed by atoms with Crippen LogP contribution in [0.2, 0.25) is 0 Å². The van der Waals surface area contributed by atoms with E-state index in [-0.39, 0.29) is 17.3 Å². The molecule has 0 saturated carbocycles. The topological polar surface area (TPSA) is 26.3 Å². The van der Waals surface area contributed by atoms with E-state index in [1.165, 1.54) is 0 Å². The molecule has 0 aromatic carbocycles. The lowest BCUT2D eigenvalue weighted by Crippen LogP contribution is -2.27. The highest BCUT2D eigenvalue weighted by Crippen LogP contribution is 2.26. The van der Waals surface area contributed by atoms with Crippen LogP contribution in [0.4, 0.5) is 0 Å². The molecule has 0 amide bonds. The first-order chi connectivity index (χ1) is 4.89. The molecule has 0 spiro atoms. The molecule has 0 bridgehead atoms. The molecule has 0 aromatic rings. The van der Waals surface area contributed by atoms with Crippen molar-refractivity contribution in [3.63, 3.8) is 0 Å². The Kier molecular flexibility index (Phi) is 4.43. The van der Waals surface area contributed by atoms with E-state index < -0.39 is 0 Å². The quantitative estimate of drug-likeness (QED) is 0.564. The minimum absolute atomic E-state index is 0.00287.